The Hall–Kier alpha value is -6.36. The molecule has 111 heavy (non-hydrogen) atoms. The summed E-state index contributed by atoms with van der Waals surface area (Å²) in [4.78, 5) is 46.1. The summed E-state index contributed by atoms with van der Waals surface area (Å²) in [6.45, 7) is 33.3. The Morgan fingerprint density at radius 1 is 0.306 bits per heavy atom. The summed E-state index contributed by atoms with van der Waals surface area (Å²) < 4.78 is 36.2. The van der Waals surface area contributed by atoms with Gasteiger partial charge in [-0.2, -0.15) is 0 Å². The molecule has 0 atom stereocenters. The number of nitrogens with one attached hydrogen (secondary N) is 3. The molecule has 6 aromatic rings. The number of hydrogen-bond donors (Lipinski definition) is 3. The molecule has 21 heteroatoms. The maximum atomic E-state index is 6.27. The monoisotopic (exact) mass is 1530 g/mol. The lowest BCUT2D eigenvalue weighted by Crippen LogP contribution is -2.42. The highest BCUT2D eigenvalue weighted by Crippen LogP contribution is 2.43. The molecule has 15 rings (SSSR count). The smallest absolute Gasteiger partial charge is 0.163 e. The lowest BCUT2D eigenvalue weighted by molar-refractivity contribution is 0.177. The zero-order valence-corrected chi connectivity index (χ0v) is 69.9. The van der Waals surface area contributed by atoms with E-state index in [-0.39, 0.29) is 0 Å². The maximum absolute atomic E-state index is 6.27. The van der Waals surface area contributed by atoms with Crippen molar-refractivity contribution in [3.63, 3.8) is 0 Å². The molecule has 0 unspecified atom stereocenters. The van der Waals surface area contributed by atoms with Gasteiger partial charge < -0.3 is 73.8 Å². The molecule has 3 N–H and O–H groups in total. The lowest BCUT2D eigenvalue weighted by atomic mass is 9.88. The van der Waals surface area contributed by atoms with Gasteiger partial charge in [0.2, 0.25) is 0 Å². The van der Waals surface area contributed by atoms with Crippen molar-refractivity contribution >= 4 is 50.2 Å². The van der Waals surface area contributed by atoms with Crippen LogP contribution in [0.25, 0.3) is 32.7 Å². The van der Waals surface area contributed by atoms with E-state index in [9.17, 15) is 0 Å². The van der Waals surface area contributed by atoms with Crippen molar-refractivity contribution in [3.8, 4) is 34.5 Å². The second-order valence-electron chi connectivity index (χ2n) is 34.8. The lowest BCUT2D eigenvalue weighted by Gasteiger charge is -2.35. The third-order valence-corrected chi connectivity index (χ3v) is 25.9. The van der Waals surface area contributed by atoms with Gasteiger partial charge in [-0.1, -0.05) is 57.8 Å². The van der Waals surface area contributed by atoms with Crippen LogP contribution in [0.4, 0.5) is 17.5 Å². The van der Waals surface area contributed by atoms with Crippen molar-refractivity contribution < 1.29 is 28.4 Å². The minimum absolute atomic E-state index is 0.430. The number of piperidine rings is 3. The number of hydrogen-bond acceptors (Lipinski definition) is 21. The molecule has 0 bridgehead atoms. The van der Waals surface area contributed by atoms with Crippen LogP contribution >= 0.6 is 0 Å². The van der Waals surface area contributed by atoms with Gasteiger partial charge in [0.25, 0.3) is 0 Å². The summed E-state index contributed by atoms with van der Waals surface area (Å²) in [7, 11) is 5.18. The molecule has 3 saturated carbocycles. The summed E-state index contributed by atoms with van der Waals surface area (Å²) in [6.07, 6.45) is 36.6. The van der Waals surface area contributed by atoms with E-state index in [4.69, 9.17) is 58.3 Å². The van der Waals surface area contributed by atoms with Gasteiger partial charge in [0, 0.05) is 147 Å². The molecular weight excluding hydrogens is 1390 g/mol. The molecule has 6 aliphatic heterocycles. The van der Waals surface area contributed by atoms with E-state index >= 15 is 0 Å². The highest BCUT2D eigenvalue weighted by Gasteiger charge is 2.31. The average molecular weight is 1530 g/mol. The van der Waals surface area contributed by atoms with Gasteiger partial charge in [-0.15, -0.1) is 0 Å². The third kappa shape index (κ3) is 23.0. The summed E-state index contributed by atoms with van der Waals surface area (Å²) in [5, 5.41) is 14.6. The second-order valence-corrected chi connectivity index (χ2v) is 34.8. The molecular formula is C90H141N15O6. The van der Waals surface area contributed by atoms with E-state index in [0.29, 0.717) is 73.8 Å². The standard InChI is InChI=1S/3C30H47N5O2/c3*1-22(2)35-17-12-24(13-18-35)31-30-25-20-27(36-3)28(37-19-9-16-34-14-7-8-15-34)21-26(25)32-29(33-30)23-10-5-4-6-11-23/h3*20-24H,4-19H2,1-3H3,(H,31,32,33). The zero-order valence-electron chi connectivity index (χ0n) is 69.9. The van der Waals surface area contributed by atoms with Gasteiger partial charge in [0.1, 0.15) is 34.9 Å². The number of benzene rings is 3. The quantitative estimate of drug-likeness (QED) is 0.0361. The Labute approximate surface area is 666 Å². The Morgan fingerprint density at radius 3 is 0.793 bits per heavy atom. The Bertz CT molecular complexity index is 3410. The van der Waals surface area contributed by atoms with Crippen LogP contribution in [0.1, 0.15) is 269 Å². The fourth-order valence-corrected chi connectivity index (χ4v) is 18.9. The van der Waals surface area contributed by atoms with Crippen LogP contribution in [0.3, 0.4) is 0 Å². The SMILES string of the molecule is COc1cc2c(NC3CCN(C(C)C)CC3)nc(C3CCCCC3)nc2cc1OCCCN1CCCC1.COc1cc2c(NC3CCN(C(C)C)CC3)nc(C3CCCCC3)nc2cc1OCCCN1CCCC1.COc1cc2c(NC3CCN(C(C)C)CC3)nc(C3CCCCC3)nc2cc1OCCCN1CCCC1. The third-order valence-electron chi connectivity index (χ3n) is 25.9. The number of likely N-dealkylation sites (tertiary alicyclic amines) is 6. The summed E-state index contributed by atoms with van der Waals surface area (Å²) >= 11 is 0. The van der Waals surface area contributed by atoms with Crippen LogP contribution in [0.15, 0.2) is 36.4 Å². The van der Waals surface area contributed by atoms with Gasteiger partial charge in [-0.25, -0.2) is 29.9 Å². The predicted molar refractivity (Wildman–Crippen MR) is 453 cm³/mol. The topological polar surface area (TPSA) is 188 Å². The summed E-state index contributed by atoms with van der Waals surface area (Å²) in [5.41, 5.74) is 2.90. The molecule has 0 spiro atoms. The predicted octanol–water partition coefficient (Wildman–Crippen LogP) is 17.5. The highest BCUT2D eigenvalue weighted by molar-refractivity contribution is 5.94. The number of ether oxygens (including phenoxy) is 6. The first kappa shape index (κ1) is 82.6. The molecule has 3 aromatic carbocycles. The van der Waals surface area contributed by atoms with Gasteiger partial charge in [-0.3, -0.25) is 0 Å². The molecule has 612 valence electrons. The largest absolute Gasteiger partial charge is 0.493 e. The zero-order chi connectivity index (χ0) is 76.8. The summed E-state index contributed by atoms with van der Waals surface area (Å²) in [6, 6.07) is 15.6. The first-order valence-corrected chi connectivity index (χ1v) is 44.6. The minimum Gasteiger partial charge on any atom is -0.493 e. The van der Waals surface area contributed by atoms with E-state index in [1.807, 2.05) is 0 Å². The number of fused-ring (bicyclic) bond motifs is 3. The van der Waals surface area contributed by atoms with Crippen molar-refractivity contribution in [2.75, 3.05) is 155 Å². The fraction of sp³-hybridized carbons (Fsp3) is 0.733. The van der Waals surface area contributed by atoms with E-state index < -0.39 is 0 Å². The molecule has 9 heterocycles. The van der Waals surface area contributed by atoms with Gasteiger partial charge >= 0.3 is 0 Å². The van der Waals surface area contributed by atoms with E-state index in [1.165, 1.54) is 174 Å². The van der Waals surface area contributed by atoms with Crippen LogP contribution in [0.5, 0.6) is 34.5 Å². The molecule has 0 amide bonds. The minimum atomic E-state index is 0.430. The van der Waals surface area contributed by atoms with E-state index in [2.05, 4.69) is 123 Å². The second kappa shape index (κ2) is 41.8. The number of nitrogens with zero attached hydrogens (tertiary/aromatic N) is 12. The van der Waals surface area contributed by atoms with Crippen LogP contribution in [-0.2, 0) is 0 Å². The first-order valence-electron chi connectivity index (χ1n) is 44.6. The Balaban J connectivity index is 0.000000146. The number of rotatable bonds is 30. The van der Waals surface area contributed by atoms with Gasteiger partial charge in [-0.05, 0) is 234 Å². The van der Waals surface area contributed by atoms with Crippen LogP contribution in [0, 0.1) is 0 Å². The van der Waals surface area contributed by atoms with Crippen LogP contribution in [0.2, 0.25) is 0 Å². The Kier molecular flexibility index (Phi) is 31.1. The molecule has 6 saturated heterocycles. The number of methoxy groups -OCH3 is 3. The molecule has 9 aliphatic rings. The normalized spacial score (nSPS) is 20.6. The van der Waals surface area contributed by atoms with Crippen LogP contribution < -0.4 is 44.4 Å². The molecule has 3 aromatic heterocycles. The van der Waals surface area contributed by atoms with Crippen molar-refractivity contribution in [2.24, 2.45) is 0 Å². The fourth-order valence-electron chi connectivity index (χ4n) is 18.9. The average Bonchev–Trinajstić information content (AvgIpc) is 1.34. The molecule has 0 radical (unpaired) electrons. The van der Waals surface area contributed by atoms with Crippen molar-refractivity contribution in [3.05, 3.63) is 53.9 Å². The first-order chi connectivity index (χ1) is 54.3. The van der Waals surface area contributed by atoms with Crippen LogP contribution in [-0.4, -0.2) is 235 Å². The van der Waals surface area contributed by atoms with Crippen molar-refractivity contribution in [2.45, 2.75) is 288 Å². The van der Waals surface area contributed by atoms with E-state index in [0.717, 1.165) is 219 Å². The van der Waals surface area contributed by atoms with Crippen molar-refractivity contribution in [1.82, 2.24) is 59.3 Å². The van der Waals surface area contributed by atoms with E-state index in [1.54, 1.807) is 21.3 Å². The van der Waals surface area contributed by atoms with Crippen molar-refractivity contribution in [1.29, 1.82) is 0 Å². The molecule has 9 fully saturated rings. The molecule has 3 aliphatic carbocycles. The van der Waals surface area contributed by atoms with Gasteiger partial charge in [0.05, 0.1) is 57.7 Å². The molecule has 21 nitrogen and oxygen atoms in total. The highest BCUT2D eigenvalue weighted by atomic mass is 16.5. The van der Waals surface area contributed by atoms with Gasteiger partial charge in [0.15, 0.2) is 34.5 Å². The summed E-state index contributed by atoms with van der Waals surface area (Å²) in [5.74, 6) is 11.9. The number of anilines is 3. The maximum Gasteiger partial charge on any atom is 0.163 e. The Morgan fingerprint density at radius 2 is 0.559 bits per heavy atom. The number of aromatic nitrogens is 6.